The number of carbonyl (C=O) groups is 1. The number of hydrogen-bond donors (Lipinski definition) is 5. The summed E-state index contributed by atoms with van der Waals surface area (Å²) >= 11 is 7.66. The van der Waals surface area contributed by atoms with Crippen molar-refractivity contribution >= 4 is 29.3 Å². The zero-order valence-electron chi connectivity index (χ0n) is 18.0. The zero-order valence-corrected chi connectivity index (χ0v) is 19.6. The Morgan fingerprint density at radius 2 is 1.85 bits per heavy atom. The van der Waals surface area contributed by atoms with E-state index >= 15 is 0 Å². The maximum atomic E-state index is 10.8. The quantitative estimate of drug-likeness (QED) is 0.351. The molecule has 0 bridgehead atoms. The van der Waals surface area contributed by atoms with Gasteiger partial charge in [-0.2, -0.15) is 0 Å². The molecule has 8 nitrogen and oxygen atoms in total. The SMILES string of the molecule is CS[C@H]1O[C@@H](c2ccc(Cl)c(Cc3ccc(OCC[C@H](N)C(=O)O)cc3)c2)[C@H](O)[C@@H](O)[C@@H]1O. The second-order valence-electron chi connectivity index (χ2n) is 7.89. The molecule has 10 heteroatoms. The van der Waals surface area contributed by atoms with Gasteiger partial charge in [-0.3, -0.25) is 4.79 Å². The maximum absolute atomic E-state index is 10.8. The van der Waals surface area contributed by atoms with Crippen molar-refractivity contribution in [3.8, 4) is 5.75 Å². The first-order valence-corrected chi connectivity index (χ1v) is 12.1. The molecule has 1 fully saturated rings. The summed E-state index contributed by atoms with van der Waals surface area (Å²) in [6.07, 6.45) is -2.10. The van der Waals surface area contributed by atoms with Crippen molar-refractivity contribution in [3.63, 3.8) is 0 Å². The van der Waals surface area contributed by atoms with Crippen LogP contribution in [0.4, 0.5) is 0 Å². The summed E-state index contributed by atoms with van der Waals surface area (Å²) in [5.74, 6) is -0.459. The fourth-order valence-electron chi connectivity index (χ4n) is 3.58. The Morgan fingerprint density at radius 1 is 1.15 bits per heavy atom. The third-order valence-electron chi connectivity index (χ3n) is 5.53. The van der Waals surface area contributed by atoms with E-state index in [1.54, 1.807) is 30.5 Å². The van der Waals surface area contributed by atoms with Crippen LogP contribution in [-0.2, 0) is 16.0 Å². The first-order chi connectivity index (χ1) is 15.7. The lowest BCUT2D eigenvalue weighted by Gasteiger charge is -2.40. The molecule has 6 N–H and O–H groups in total. The van der Waals surface area contributed by atoms with Crippen molar-refractivity contribution in [2.75, 3.05) is 12.9 Å². The minimum Gasteiger partial charge on any atom is -0.494 e. The molecule has 0 aromatic heterocycles. The highest BCUT2D eigenvalue weighted by atomic mass is 35.5. The molecule has 3 rings (SSSR count). The first-order valence-electron chi connectivity index (χ1n) is 10.4. The van der Waals surface area contributed by atoms with E-state index in [-0.39, 0.29) is 13.0 Å². The summed E-state index contributed by atoms with van der Waals surface area (Å²) in [5, 5.41) is 40.1. The molecular formula is C23H28ClNO7S. The van der Waals surface area contributed by atoms with Gasteiger partial charge in [0.05, 0.1) is 6.61 Å². The molecular weight excluding hydrogens is 470 g/mol. The van der Waals surface area contributed by atoms with Crippen molar-refractivity contribution in [1.29, 1.82) is 0 Å². The Bertz CT molecular complexity index is 943. The summed E-state index contributed by atoms with van der Waals surface area (Å²) in [5.41, 5.74) is 7.23. The largest absolute Gasteiger partial charge is 0.494 e. The molecule has 2 aromatic carbocycles. The molecule has 0 radical (unpaired) electrons. The smallest absolute Gasteiger partial charge is 0.320 e. The number of aliphatic hydroxyl groups excluding tert-OH is 3. The Morgan fingerprint density at radius 3 is 2.48 bits per heavy atom. The molecule has 33 heavy (non-hydrogen) atoms. The summed E-state index contributed by atoms with van der Waals surface area (Å²) in [6.45, 7) is 0.196. The van der Waals surface area contributed by atoms with E-state index in [2.05, 4.69) is 0 Å². The van der Waals surface area contributed by atoms with E-state index in [9.17, 15) is 20.1 Å². The monoisotopic (exact) mass is 497 g/mol. The minimum absolute atomic E-state index is 0.196. The molecule has 1 saturated heterocycles. The van der Waals surface area contributed by atoms with Crippen molar-refractivity contribution in [2.45, 2.75) is 48.7 Å². The number of halogens is 1. The van der Waals surface area contributed by atoms with Gasteiger partial charge >= 0.3 is 5.97 Å². The lowest BCUT2D eigenvalue weighted by Crippen LogP contribution is -2.52. The van der Waals surface area contributed by atoms with Crippen LogP contribution in [0.3, 0.4) is 0 Å². The fourth-order valence-corrected chi connectivity index (χ4v) is 4.43. The van der Waals surface area contributed by atoms with Crippen LogP contribution in [0.1, 0.15) is 29.2 Å². The third kappa shape index (κ3) is 6.39. The number of hydrogen-bond acceptors (Lipinski definition) is 8. The van der Waals surface area contributed by atoms with Crippen molar-refractivity contribution in [1.82, 2.24) is 0 Å². The second-order valence-corrected chi connectivity index (χ2v) is 9.23. The van der Waals surface area contributed by atoms with Crippen LogP contribution in [0.5, 0.6) is 5.75 Å². The normalized spacial score (nSPS) is 26.1. The van der Waals surface area contributed by atoms with Crippen LogP contribution in [0.25, 0.3) is 0 Å². The molecule has 0 aliphatic carbocycles. The summed E-state index contributed by atoms with van der Waals surface area (Å²) in [6, 6.07) is 11.7. The standard InChI is InChI=1S/C23H28ClNO7S/c1-33-23-20(28)18(26)19(27)21(32-23)13-4-7-16(24)14(11-13)10-12-2-5-15(6-3-12)31-9-8-17(25)22(29)30/h2-7,11,17-21,23,26-28H,8-10,25H2,1H3,(H,29,30)/t17-,18+,19+,20-,21-,23+/m0/s1. The van der Waals surface area contributed by atoms with Crippen molar-refractivity contribution < 1.29 is 34.7 Å². The van der Waals surface area contributed by atoms with Gasteiger partial charge in [0.25, 0.3) is 0 Å². The van der Waals surface area contributed by atoms with E-state index in [0.29, 0.717) is 22.8 Å². The average molecular weight is 498 g/mol. The molecule has 180 valence electrons. The Hall–Kier alpha value is -1.85. The molecule has 0 unspecified atom stereocenters. The topological polar surface area (TPSA) is 142 Å². The Balaban J connectivity index is 1.68. The molecule has 1 aliphatic rings. The van der Waals surface area contributed by atoms with Crippen LogP contribution in [0, 0.1) is 0 Å². The molecule has 0 saturated carbocycles. The second kappa shape index (κ2) is 11.5. The fraction of sp³-hybridized carbons (Fsp3) is 0.435. The molecule has 6 atom stereocenters. The zero-order chi connectivity index (χ0) is 24.1. The van der Waals surface area contributed by atoms with E-state index in [0.717, 1.165) is 11.1 Å². The van der Waals surface area contributed by atoms with E-state index in [4.69, 9.17) is 31.9 Å². The van der Waals surface area contributed by atoms with E-state index in [1.807, 2.05) is 18.2 Å². The third-order valence-corrected chi connectivity index (χ3v) is 6.76. The number of nitrogens with two attached hydrogens (primary N) is 1. The van der Waals surface area contributed by atoms with Crippen LogP contribution in [-0.4, -0.2) is 69.0 Å². The van der Waals surface area contributed by atoms with Crippen LogP contribution >= 0.6 is 23.4 Å². The molecule has 1 heterocycles. The number of ether oxygens (including phenoxy) is 2. The molecule has 1 aliphatic heterocycles. The summed E-state index contributed by atoms with van der Waals surface area (Å²) < 4.78 is 11.4. The molecule has 2 aromatic rings. The predicted molar refractivity (Wildman–Crippen MR) is 126 cm³/mol. The van der Waals surface area contributed by atoms with Gasteiger partial charge in [0.2, 0.25) is 0 Å². The summed E-state index contributed by atoms with van der Waals surface area (Å²) in [7, 11) is 0. The van der Waals surface area contributed by atoms with Gasteiger partial charge in [0.15, 0.2) is 0 Å². The van der Waals surface area contributed by atoms with Crippen molar-refractivity contribution in [3.05, 3.63) is 64.2 Å². The van der Waals surface area contributed by atoms with Crippen molar-refractivity contribution in [2.24, 2.45) is 5.73 Å². The number of thioether (sulfide) groups is 1. The highest BCUT2D eigenvalue weighted by molar-refractivity contribution is 7.99. The van der Waals surface area contributed by atoms with Gasteiger partial charge < -0.3 is 35.6 Å². The van der Waals surface area contributed by atoms with Gasteiger partial charge in [0, 0.05) is 11.4 Å². The predicted octanol–water partition coefficient (Wildman–Crippen LogP) is 1.95. The van der Waals surface area contributed by atoms with Crippen LogP contribution in [0.15, 0.2) is 42.5 Å². The lowest BCUT2D eigenvalue weighted by atomic mass is 9.92. The van der Waals surface area contributed by atoms with Gasteiger partial charge in [-0.1, -0.05) is 35.9 Å². The van der Waals surface area contributed by atoms with Gasteiger partial charge in [0.1, 0.15) is 41.6 Å². The summed E-state index contributed by atoms with van der Waals surface area (Å²) in [4.78, 5) is 10.8. The van der Waals surface area contributed by atoms with Gasteiger partial charge in [-0.05, 0) is 47.6 Å². The number of rotatable bonds is 9. The Kier molecular flexibility index (Phi) is 9.00. The number of carboxylic acid groups (broad SMARTS) is 1. The molecule has 0 spiro atoms. The minimum atomic E-state index is -1.32. The van der Waals surface area contributed by atoms with Gasteiger partial charge in [-0.15, -0.1) is 11.8 Å². The van der Waals surface area contributed by atoms with Crippen LogP contribution in [0.2, 0.25) is 5.02 Å². The number of benzene rings is 2. The number of aliphatic hydroxyl groups is 3. The highest BCUT2D eigenvalue weighted by Crippen LogP contribution is 2.37. The lowest BCUT2D eigenvalue weighted by molar-refractivity contribution is -0.200. The average Bonchev–Trinajstić information content (AvgIpc) is 2.80. The molecule has 0 amide bonds. The first kappa shape index (κ1) is 25.8. The maximum Gasteiger partial charge on any atom is 0.320 e. The number of aliphatic carboxylic acids is 1. The Labute approximate surface area is 201 Å². The van der Waals surface area contributed by atoms with Gasteiger partial charge in [-0.25, -0.2) is 0 Å². The van der Waals surface area contributed by atoms with E-state index < -0.39 is 41.9 Å². The van der Waals surface area contributed by atoms with Crippen LogP contribution < -0.4 is 10.5 Å². The highest BCUT2D eigenvalue weighted by Gasteiger charge is 2.44. The van der Waals surface area contributed by atoms with E-state index in [1.165, 1.54) is 11.8 Å². The number of carboxylic acids is 1.